The van der Waals surface area contributed by atoms with Crippen LogP contribution in [0.2, 0.25) is 39.3 Å². The second-order valence-corrected chi connectivity index (χ2v) is 16.6. The Morgan fingerprint density at radius 2 is 1.44 bits per heavy atom. The average Bonchev–Trinajstić information content (AvgIpc) is 2.12. The number of hydrogen-bond acceptors (Lipinski definition) is 0. The van der Waals surface area contributed by atoms with Crippen molar-refractivity contribution in [2.24, 2.45) is 0 Å². The van der Waals surface area contributed by atoms with E-state index >= 15 is 0 Å². The molecule has 0 saturated carbocycles. The molecule has 0 aromatic heterocycles. The van der Waals surface area contributed by atoms with Crippen LogP contribution < -0.4 is 5.19 Å². The second-order valence-electron chi connectivity index (χ2n) is 6.54. The van der Waals surface area contributed by atoms with Crippen molar-refractivity contribution in [1.82, 2.24) is 0 Å². The molecule has 2 heteroatoms. The van der Waals surface area contributed by atoms with Crippen LogP contribution >= 0.6 is 0 Å². The summed E-state index contributed by atoms with van der Waals surface area (Å²) in [7, 11) is -2.30. The van der Waals surface area contributed by atoms with Gasteiger partial charge < -0.3 is 0 Å². The van der Waals surface area contributed by atoms with Crippen LogP contribution in [-0.2, 0) is 0 Å². The zero-order valence-corrected chi connectivity index (χ0v) is 13.5. The maximum absolute atomic E-state index is 2.44. The van der Waals surface area contributed by atoms with Crippen molar-refractivity contribution >= 4 is 27.4 Å². The van der Waals surface area contributed by atoms with E-state index in [0.717, 1.165) is 0 Å². The Balaban J connectivity index is 3.11. The lowest BCUT2D eigenvalue weighted by Gasteiger charge is -2.20. The first-order valence-electron chi connectivity index (χ1n) is 5.99. The highest BCUT2D eigenvalue weighted by atomic mass is 28.3. The van der Waals surface area contributed by atoms with Gasteiger partial charge in [0.1, 0.15) is 0 Å². The van der Waals surface area contributed by atoms with E-state index in [1.54, 1.807) is 5.19 Å². The second kappa shape index (κ2) is 4.72. The molecule has 0 aliphatic heterocycles. The molecule has 0 heterocycles. The molecule has 1 rings (SSSR count). The molecule has 0 radical (unpaired) electrons. The molecule has 16 heavy (non-hydrogen) atoms. The lowest BCUT2D eigenvalue weighted by atomic mass is 10.2. The quantitative estimate of drug-likeness (QED) is 0.706. The summed E-state index contributed by atoms with van der Waals surface area (Å²) in [5.41, 5.74) is 3.87. The molecule has 0 unspecified atom stereocenters. The Bertz CT molecular complexity index is 378. The standard InChI is InChI=1S/C14H24Si2/c1-15(2,3)12-11-13-9-7-8-10-14(13)16(4,5)6/h7-12H,1-6H3. The molecule has 0 amide bonds. The largest absolute Gasteiger partial charge is 0.0944 e. The van der Waals surface area contributed by atoms with Crippen molar-refractivity contribution in [3.05, 3.63) is 35.5 Å². The predicted octanol–water partition coefficient (Wildman–Crippen LogP) is 4.12. The van der Waals surface area contributed by atoms with Gasteiger partial charge in [-0.1, -0.05) is 80.5 Å². The van der Waals surface area contributed by atoms with Gasteiger partial charge in [-0.3, -0.25) is 0 Å². The SMILES string of the molecule is C[Si](C)(C)C=Cc1ccccc1[Si](C)(C)C. The van der Waals surface area contributed by atoms with Crippen LogP contribution in [0.4, 0.5) is 0 Å². The van der Waals surface area contributed by atoms with Crippen LogP contribution in [-0.4, -0.2) is 16.1 Å². The van der Waals surface area contributed by atoms with Crippen molar-refractivity contribution in [3.63, 3.8) is 0 Å². The van der Waals surface area contributed by atoms with Gasteiger partial charge in [0.15, 0.2) is 0 Å². The fourth-order valence-electron chi connectivity index (χ4n) is 1.67. The van der Waals surface area contributed by atoms with Gasteiger partial charge in [-0.05, 0) is 5.56 Å². The first kappa shape index (κ1) is 13.5. The molecular weight excluding hydrogens is 224 g/mol. The Kier molecular flexibility index (Phi) is 3.97. The van der Waals surface area contributed by atoms with Crippen LogP contribution in [0.5, 0.6) is 0 Å². The molecule has 0 bridgehead atoms. The fourth-order valence-corrected chi connectivity index (χ4v) is 3.97. The predicted molar refractivity (Wildman–Crippen MR) is 81.8 cm³/mol. The van der Waals surface area contributed by atoms with Crippen LogP contribution in [0.15, 0.2) is 30.0 Å². The van der Waals surface area contributed by atoms with E-state index in [1.807, 2.05) is 0 Å². The van der Waals surface area contributed by atoms with Gasteiger partial charge in [-0.15, -0.1) is 0 Å². The van der Waals surface area contributed by atoms with Crippen molar-refractivity contribution in [2.45, 2.75) is 39.3 Å². The van der Waals surface area contributed by atoms with Gasteiger partial charge in [0.25, 0.3) is 0 Å². The summed E-state index contributed by atoms with van der Waals surface area (Å²) in [5, 5.41) is 1.57. The topological polar surface area (TPSA) is 0 Å². The Labute approximate surface area is 102 Å². The molecule has 0 atom stereocenters. The molecule has 1 aromatic rings. The van der Waals surface area contributed by atoms with E-state index in [4.69, 9.17) is 0 Å². The minimum atomic E-state index is -1.21. The maximum atomic E-state index is 2.44. The zero-order valence-electron chi connectivity index (χ0n) is 11.5. The Morgan fingerprint density at radius 3 is 1.94 bits per heavy atom. The van der Waals surface area contributed by atoms with E-state index in [0.29, 0.717) is 0 Å². The fraction of sp³-hybridized carbons (Fsp3) is 0.429. The van der Waals surface area contributed by atoms with E-state index in [-0.39, 0.29) is 0 Å². The number of hydrogen-bond donors (Lipinski definition) is 0. The van der Waals surface area contributed by atoms with Crippen LogP contribution in [0.1, 0.15) is 5.56 Å². The first-order chi connectivity index (χ1) is 7.20. The minimum absolute atomic E-state index is 1.09. The Morgan fingerprint density at radius 1 is 0.875 bits per heavy atom. The van der Waals surface area contributed by atoms with Crippen molar-refractivity contribution < 1.29 is 0 Å². The summed E-state index contributed by atoms with van der Waals surface area (Å²) in [6.45, 7) is 14.4. The lowest BCUT2D eigenvalue weighted by molar-refractivity contribution is 1.64. The first-order valence-corrected chi connectivity index (χ1v) is 13.1. The smallest absolute Gasteiger partial charge is 0.0783 e. The van der Waals surface area contributed by atoms with Gasteiger partial charge >= 0.3 is 0 Å². The van der Waals surface area contributed by atoms with E-state index in [2.05, 4.69) is 75.3 Å². The van der Waals surface area contributed by atoms with Crippen LogP contribution in [0, 0.1) is 0 Å². The number of rotatable bonds is 3. The summed E-state index contributed by atoms with van der Waals surface area (Å²) in [6.07, 6.45) is 2.35. The molecule has 88 valence electrons. The lowest BCUT2D eigenvalue weighted by Crippen LogP contribution is -2.39. The molecule has 1 aromatic carbocycles. The van der Waals surface area contributed by atoms with E-state index < -0.39 is 16.1 Å². The van der Waals surface area contributed by atoms with Gasteiger partial charge in [-0.25, -0.2) is 0 Å². The summed E-state index contributed by atoms with van der Waals surface area (Å²) < 4.78 is 0. The molecule has 0 fully saturated rings. The number of benzene rings is 1. The highest BCUT2D eigenvalue weighted by Crippen LogP contribution is 2.11. The molecule has 0 nitrogen and oxygen atoms in total. The molecule has 0 saturated heterocycles. The van der Waals surface area contributed by atoms with E-state index in [9.17, 15) is 0 Å². The summed E-state index contributed by atoms with van der Waals surface area (Å²) in [5.74, 6) is 0. The molecule has 0 N–H and O–H groups in total. The van der Waals surface area contributed by atoms with Crippen LogP contribution in [0.3, 0.4) is 0 Å². The monoisotopic (exact) mass is 248 g/mol. The molecular formula is C14H24Si2. The highest BCUT2D eigenvalue weighted by Gasteiger charge is 2.18. The summed E-state index contributed by atoms with van der Waals surface area (Å²) in [6, 6.07) is 8.87. The Hall–Kier alpha value is -0.606. The van der Waals surface area contributed by atoms with Gasteiger partial charge in [0, 0.05) is 0 Å². The zero-order chi connectivity index (χ0) is 12.4. The maximum Gasteiger partial charge on any atom is 0.0783 e. The summed E-state index contributed by atoms with van der Waals surface area (Å²) in [4.78, 5) is 0. The summed E-state index contributed by atoms with van der Waals surface area (Å²) >= 11 is 0. The van der Waals surface area contributed by atoms with Crippen molar-refractivity contribution in [2.75, 3.05) is 0 Å². The van der Waals surface area contributed by atoms with Gasteiger partial charge in [0.05, 0.1) is 16.1 Å². The third-order valence-electron chi connectivity index (χ3n) is 2.53. The van der Waals surface area contributed by atoms with Crippen LogP contribution in [0.25, 0.3) is 6.08 Å². The third-order valence-corrected chi connectivity index (χ3v) is 5.77. The van der Waals surface area contributed by atoms with E-state index in [1.165, 1.54) is 5.56 Å². The molecule has 0 aliphatic rings. The van der Waals surface area contributed by atoms with Gasteiger partial charge in [-0.2, -0.15) is 0 Å². The minimum Gasteiger partial charge on any atom is -0.0944 e. The third kappa shape index (κ3) is 4.10. The van der Waals surface area contributed by atoms with Crippen molar-refractivity contribution in [3.8, 4) is 0 Å². The van der Waals surface area contributed by atoms with Crippen molar-refractivity contribution in [1.29, 1.82) is 0 Å². The molecule has 0 aliphatic carbocycles. The molecule has 0 spiro atoms. The average molecular weight is 249 g/mol. The van der Waals surface area contributed by atoms with Gasteiger partial charge in [0.2, 0.25) is 0 Å². The highest BCUT2D eigenvalue weighted by molar-refractivity contribution is 6.89. The normalized spacial score (nSPS) is 13.4.